The van der Waals surface area contributed by atoms with Crippen molar-refractivity contribution in [3.63, 3.8) is 0 Å². The van der Waals surface area contributed by atoms with E-state index in [9.17, 15) is 18.8 Å². The molecule has 0 aliphatic rings. The van der Waals surface area contributed by atoms with Gasteiger partial charge in [-0.05, 0) is 23.6 Å². The van der Waals surface area contributed by atoms with Crippen molar-refractivity contribution in [1.82, 2.24) is 9.55 Å². The van der Waals surface area contributed by atoms with Crippen molar-refractivity contribution in [3.05, 3.63) is 86.8 Å². The monoisotopic (exact) mass is 439 g/mol. The van der Waals surface area contributed by atoms with Crippen molar-refractivity contribution in [2.75, 3.05) is 29.0 Å². The molecule has 1 aromatic heterocycles. The fourth-order valence-electron chi connectivity index (χ4n) is 3.31. The summed E-state index contributed by atoms with van der Waals surface area (Å²) < 4.78 is 15.1. The molecule has 4 N–H and O–H groups in total. The number of carbonyl (C=O) groups is 1. The summed E-state index contributed by atoms with van der Waals surface area (Å²) in [5, 5.41) is 2.75. The standard InChI is InChI=1S/C23H26FN5O3/c1-15(2)13-28(19(30)12-26-18-11-7-6-10-17(18)24)20-21(25)29(23(32)27-22(20)31)14-16-8-4-3-5-9-16/h3-11,15,26H,12-14,25H2,1-2H3,(H,27,31,32). The highest BCUT2D eigenvalue weighted by molar-refractivity contribution is 5.98. The Morgan fingerprint density at radius 3 is 2.44 bits per heavy atom. The molecule has 3 aromatic rings. The van der Waals surface area contributed by atoms with Crippen LogP contribution >= 0.6 is 0 Å². The van der Waals surface area contributed by atoms with Crippen LogP contribution in [0.2, 0.25) is 0 Å². The highest BCUT2D eigenvalue weighted by Crippen LogP contribution is 2.20. The summed E-state index contributed by atoms with van der Waals surface area (Å²) in [6, 6.07) is 15.1. The van der Waals surface area contributed by atoms with Gasteiger partial charge in [-0.25, -0.2) is 9.18 Å². The largest absolute Gasteiger partial charge is 0.383 e. The van der Waals surface area contributed by atoms with Crippen molar-refractivity contribution in [3.8, 4) is 0 Å². The van der Waals surface area contributed by atoms with Crippen LogP contribution < -0.4 is 27.2 Å². The van der Waals surface area contributed by atoms with Gasteiger partial charge in [0.05, 0.1) is 18.8 Å². The Balaban J connectivity index is 1.96. The van der Waals surface area contributed by atoms with Crippen LogP contribution in [0.1, 0.15) is 19.4 Å². The summed E-state index contributed by atoms with van der Waals surface area (Å²) in [6.45, 7) is 3.83. The Kier molecular flexibility index (Phi) is 7.09. The SMILES string of the molecule is CC(C)CN(C(=O)CNc1ccccc1F)c1c(N)n(Cc2ccccc2)c(=O)[nH]c1=O. The van der Waals surface area contributed by atoms with Gasteiger partial charge in [-0.1, -0.05) is 56.3 Å². The highest BCUT2D eigenvalue weighted by atomic mass is 19.1. The number of aromatic amines is 1. The number of carbonyl (C=O) groups excluding carboxylic acids is 1. The topological polar surface area (TPSA) is 113 Å². The molecule has 0 aliphatic carbocycles. The van der Waals surface area contributed by atoms with Gasteiger partial charge in [-0.15, -0.1) is 0 Å². The average molecular weight is 439 g/mol. The van der Waals surface area contributed by atoms with Gasteiger partial charge < -0.3 is 16.0 Å². The first-order chi connectivity index (χ1) is 15.3. The van der Waals surface area contributed by atoms with Crippen molar-refractivity contribution in [2.45, 2.75) is 20.4 Å². The Morgan fingerprint density at radius 1 is 1.12 bits per heavy atom. The van der Waals surface area contributed by atoms with Crippen LogP contribution in [-0.4, -0.2) is 28.5 Å². The van der Waals surface area contributed by atoms with Gasteiger partial charge in [0, 0.05) is 6.54 Å². The number of anilines is 3. The number of nitrogens with two attached hydrogens (primary N) is 1. The average Bonchev–Trinajstić information content (AvgIpc) is 2.75. The van der Waals surface area contributed by atoms with Crippen LogP contribution in [0, 0.1) is 11.7 Å². The molecule has 0 radical (unpaired) electrons. The van der Waals surface area contributed by atoms with Crippen molar-refractivity contribution >= 4 is 23.1 Å². The molecule has 0 saturated carbocycles. The molecule has 0 bridgehead atoms. The van der Waals surface area contributed by atoms with E-state index in [2.05, 4.69) is 10.3 Å². The molecule has 3 rings (SSSR count). The molecule has 0 aliphatic heterocycles. The normalized spacial score (nSPS) is 10.9. The lowest BCUT2D eigenvalue weighted by Gasteiger charge is -2.26. The number of hydrogen-bond acceptors (Lipinski definition) is 5. The number of amides is 1. The van der Waals surface area contributed by atoms with Crippen LogP contribution in [0.4, 0.5) is 21.6 Å². The van der Waals surface area contributed by atoms with Crippen LogP contribution in [-0.2, 0) is 11.3 Å². The fourth-order valence-corrected chi connectivity index (χ4v) is 3.31. The minimum absolute atomic E-state index is 0.000660. The predicted molar refractivity (Wildman–Crippen MR) is 123 cm³/mol. The van der Waals surface area contributed by atoms with E-state index in [-0.39, 0.29) is 42.7 Å². The van der Waals surface area contributed by atoms with Crippen LogP contribution in [0.15, 0.2) is 64.2 Å². The minimum Gasteiger partial charge on any atom is -0.383 e. The maximum Gasteiger partial charge on any atom is 0.330 e. The maximum absolute atomic E-state index is 13.9. The molecule has 8 nitrogen and oxygen atoms in total. The first-order valence-corrected chi connectivity index (χ1v) is 10.2. The molecule has 168 valence electrons. The number of para-hydroxylation sites is 1. The molecule has 9 heteroatoms. The first-order valence-electron chi connectivity index (χ1n) is 10.2. The summed E-state index contributed by atoms with van der Waals surface area (Å²) in [5.41, 5.74) is 5.70. The van der Waals surface area contributed by atoms with Gasteiger partial charge >= 0.3 is 5.69 Å². The number of hydrogen-bond donors (Lipinski definition) is 3. The Hall–Kier alpha value is -3.88. The lowest BCUT2D eigenvalue weighted by molar-refractivity contribution is -0.117. The molecule has 0 saturated heterocycles. The number of nitrogens with one attached hydrogen (secondary N) is 2. The smallest absolute Gasteiger partial charge is 0.330 e. The zero-order chi connectivity index (χ0) is 23.3. The molecule has 0 unspecified atom stereocenters. The predicted octanol–water partition coefficient (Wildman–Crippen LogP) is 2.41. The van der Waals surface area contributed by atoms with Crippen LogP contribution in [0.25, 0.3) is 0 Å². The number of H-pyrrole nitrogens is 1. The van der Waals surface area contributed by atoms with E-state index >= 15 is 0 Å². The van der Waals surface area contributed by atoms with Crippen LogP contribution in [0.3, 0.4) is 0 Å². The number of nitrogens with zero attached hydrogens (tertiary/aromatic N) is 2. The van der Waals surface area contributed by atoms with E-state index in [4.69, 9.17) is 5.73 Å². The summed E-state index contributed by atoms with van der Waals surface area (Å²) in [7, 11) is 0. The third-order valence-corrected chi connectivity index (χ3v) is 4.82. The lowest BCUT2D eigenvalue weighted by Crippen LogP contribution is -2.44. The van der Waals surface area contributed by atoms with E-state index in [1.165, 1.54) is 21.6 Å². The highest BCUT2D eigenvalue weighted by Gasteiger charge is 2.25. The third kappa shape index (κ3) is 5.23. The van der Waals surface area contributed by atoms with E-state index < -0.39 is 23.0 Å². The minimum atomic E-state index is -0.753. The van der Waals surface area contributed by atoms with Gasteiger partial charge in [0.1, 0.15) is 11.6 Å². The van der Waals surface area contributed by atoms with Gasteiger partial charge in [-0.3, -0.25) is 19.1 Å². The second-order valence-corrected chi connectivity index (χ2v) is 7.80. The molecule has 0 fully saturated rings. The van der Waals surface area contributed by atoms with Gasteiger partial charge in [0.2, 0.25) is 5.91 Å². The molecular weight excluding hydrogens is 413 g/mol. The van der Waals surface area contributed by atoms with Crippen LogP contribution in [0.5, 0.6) is 0 Å². The number of nitrogen functional groups attached to an aromatic ring is 1. The van der Waals surface area contributed by atoms with E-state index in [1.54, 1.807) is 12.1 Å². The Labute approximate surface area is 184 Å². The van der Waals surface area contributed by atoms with E-state index in [0.717, 1.165) is 5.56 Å². The Morgan fingerprint density at radius 2 is 1.78 bits per heavy atom. The molecule has 2 aromatic carbocycles. The molecule has 32 heavy (non-hydrogen) atoms. The second-order valence-electron chi connectivity index (χ2n) is 7.80. The van der Waals surface area contributed by atoms with E-state index in [0.29, 0.717) is 0 Å². The summed E-state index contributed by atoms with van der Waals surface area (Å²) >= 11 is 0. The molecular formula is C23H26FN5O3. The van der Waals surface area contributed by atoms with Gasteiger partial charge in [-0.2, -0.15) is 0 Å². The van der Waals surface area contributed by atoms with Crippen molar-refractivity contribution < 1.29 is 9.18 Å². The molecule has 0 atom stereocenters. The quantitative estimate of drug-likeness (QED) is 0.499. The zero-order valence-corrected chi connectivity index (χ0v) is 18.0. The zero-order valence-electron chi connectivity index (χ0n) is 18.0. The van der Waals surface area contributed by atoms with Gasteiger partial charge in [0.15, 0.2) is 5.69 Å². The molecule has 0 spiro atoms. The Bertz CT molecular complexity index is 1200. The van der Waals surface area contributed by atoms with Crippen molar-refractivity contribution in [1.29, 1.82) is 0 Å². The fraction of sp³-hybridized carbons (Fsp3) is 0.261. The molecule has 1 heterocycles. The summed E-state index contributed by atoms with van der Waals surface area (Å²) in [5.74, 6) is -1.09. The number of rotatable bonds is 8. The first kappa shape index (κ1) is 22.8. The maximum atomic E-state index is 13.9. The summed E-state index contributed by atoms with van der Waals surface area (Å²) in [6.07, 6.45) is 0. The lowest BCUT2D eigenvalue weighted by atomic mass is 10.2. The number of aromatic nitrogens is 2. The third-order valence-electron chi connectivity index (χ3n) is 4.82. The van der Waals surface area contributed by atoms with E-state index in [1.807, 2.05) is 44.2 Å². The second kappa shape index (κ2) is 9.95. The van der Waals surface area contributed by atoms with Crippen molar-refractivity contribution in [2.24, 2.45) is 5.92 Å². The number of halogens is 1. The molecule has 1 amide bonds. The number of benzene rings is 2. The van der Waals surface area contributed by atoms with Gasteiger partial charge in [0.25, 0.3) is 5.56 Å². The summed E-state index contributed by atoms with van der Waals surface area (Å²) in [4.78, 5) is 41.7.